The Labute approximate surface area is 409 Å². The number of hydrogen-bond donors (Lipinski definition) is 0. The molecule has 0 bridgehead atoms. The molecule has 0 aliphatic rings. The largest absolute Gasteiger partial charge is 0.308 e. The third-order valence-corrected chi connectivity index (χ3v) is 14.6. The summed E-state index contributed by atoms with van der Waals surface area (Å²) in [5, 5.41) is 6.13. The van der Waals surface area contributed by atoms with E-state index < -0.39 is 0 Å². The van der Waals surface area contributed by atoms with Gasteiger partial charge in [0.2, 0.25) is 0 Å². The number of hydrogen-bond acceptors (Lipinski definition) is 1. The monoisotopic (exact) mass is 923 g/mol. The maximum Gasteiger partial charge on any atom is 0.0887 e. The molecule has 7 aromatic carbocycles. The Kier molecular flexibility index (Phi) is 11.2. The Morgan fingerprint density at radius 1 is 0.328 bits per heavy atom. The minimum atomic E-state index is -0.0228. The lowest BCUT2D eigenvalue weighted by molar-refractivity contribution is 0.590. The molecule has 344 valence electrons. The Morgan fingerprint density at radius 3 is 0.866 bits per heavy atom. The van der Waals surface area contributed by atoms with Crippen LogP contribution in [0.1, 0.15) is 132 Å². The third kappa shape index (κ3) is 8.25. The molecule has 67 heavy (non-hydrogen) atoms. The maximum absolute atomic E-state index is 7.95. The number of fused-ring (bicyclic) bond motifs is 6. The second kappa shape index (κ2) is 16.1. The summed E-state index contributed by atoms with van der Waals surface area (Å²) in [6.45, 7) is 34.1. The van der Waals surface area contributed by atoms with Crippen molar-refractivity contribution < 1.29 is 0 Å². The van der Waals surface area contributed by atoms with Crippen molar-refractivity contribution in [1.82, 2.24) is 9.13 Å². The Balaban J connectivity index is 1.31. The smallest absolute Gasteiger partial charge is 0.0887 e. The predicted octanol–water partition coefficient (Wildman–Crippen LogP) is 19.1. The highest BCUT2D eigenvalue weighted by Gasteiger charge is 2.28. The molecule has 0 radical (unpaired) electrons. The first kappa shape index (κ1) is 46.6. The summed E-state index contributed by atoms with van der Waals surface area (Å²) < 4.78 is 4.70. The van der Waals surface area contributed by atoms with Gasteiger partial charge in [-0.15, -0.1) is 0 Å². The van der Waals surface area contributed by atoms with Crippen molar-refractivity contribution in [3.63, 3.8) is 0 Å². The fourth-order valence-electron chi connectivity index (χ4n) is 9.66. The molecule has 0 saturated heterocycles. The van der Waals surface area contributed by atoms with Gasteiger partial charge in [-0.2, -0.15) is 0 Å². The highest BCUT2D eigenvalue weighted by Crippen LogP contribution is 2.49. The van der Waals surface area contributed by atoms with Crippen molar-refractivity contribution in [2.45, 2.75) is 131 Å². The quantitative estimate of drug-likeness (QED) is 0.168. The van der Waals surface area contributed by atoms with Gasteiger partial charge < -0.3 is 14.0 Å². The first-order valence-electron chi connectivity index (χ1n) is 23.9. The molecule has 5 heteroatoms. The normalized spacial score (nSPS) is 13.1. The standard InChI is InChI=1S/C62H67Cl2N3/c1-58(2,3)38-22-28-43(29-23-38)65(52-18-16-20-54(56(52)63)66-48-30-24-39(59(4,5)6)34-44(48)45-35-40(60(7,8)9)25-31-49(45)66)53-19-17-21-55(57(53)64)67-50-32-26-41(61(10,11)12)36-46(50)47-37-42(62(13,14)15)27-33-51(47)67/h16-37H,1-15H3. The topological polar surface area (TPSA) is 13.1 Å². The van der Waals surface area contributed by atoms with Gasteiger partial charge in [0, 0.05) is 27.2 Å². The zero-order valence-electron chi connectivity index (χ0n) is 42.3. The number of anilines is 3. The van der Waals surface area contributed by atoms with Crippen LogP contribution in [0.4, 0.5) is 17.1 Å². The van der Waals surface area contributed by atoms with Crippen LogP contribution in [0, 0.1) is 0 Å². The van der Waals surface area contributed by atoms with Gasteiger partial charge in [-0.05, 0) is 140 Å². The second-order valence-electron chi connectivity index (χ2n) is 24.0. The van der Waals surface area contributed by atoms with Crippen molar-refractivity contribution in [3.05, 3.63) is 171 Å². The number of halogens is 2. The van der Waals surface area contributed by atoms with Gasteiger partial charge in [-0.1, -0.05) is 176 Å². The first-order valence-corrected chi connectivity index (χ1v) is 24.7. The van der Waals surface area contributed by atoms with E-state index in [1.165, 1.54) is 49.4 Å². The molecule has 0 N–H and O–H groups in total. The molecule has 2 aromatic heterocycles. The van der Waals surface area contributed by atoms with E-state index in [9.17, 15) is 0 Å². The highest BCUT2D eigenvalue weighted by atomic mass is 35.5. The van der Waals surface area contributed by atoms with E-state index in [4.69, 9.17) is 23.2 Å². The van der Waals surface area contributed by atoms with E-state index in [1.54, 1.807) is 0 Å². The molecule has 0 saturated carbocycles. The Bertz CT molecular complexity index is 3040. The molecule has 0 aliphatic heterocycles. The van der Waals surface area contributed by atoms with Crippen LogP contribution in [-0.4, -0.2) is 9.13 Å². The van der Waals surface area contributed by atoms with E-state index in [1.807, 2.05) is 0 Å². The maximum atomic E-state index is 7.95. The third-order valence-electron chi connectivity index (χ3n) is 13.9. The lowest BCUT2D eigenvalue weighted by Crippen LogP contribution is -2.15. The van der Waals surface area contributed by atoms with Crippen LogP contribution in [0.15, 0.2) is 133 Å². The predicted molar refractivity (Wildman–Crippen MR) is 293 cm³/mol. The summed E-state index contributed by atoms with van der Waals surface area (Å²) in [6.07, 6.45) is 0. The fraction of sp³-hybridized carbons (Fsp3) is 0.323. The SMILES string of the molecule is CC(C)(C)c1ccc(N(c2cccc(-n3c4ccc(C(C)(C)C)cc4c4cc(C(C)(C)C)ccc43)c2Cl)c2cccc(-n3c4ccc(C(C)(C)C)cc4c4cc(C(C)(C)C)ccc43)c2Cl)cc1. The van der Waals surface area contributed by atoms with E-state index in [2.05, 4.69) is 251 Å². The van der Waals surface area contributed by atoms with Gasteiger partial charge >= 0.3 is 0 Å². The van der Waals surface area contributed by atoms with E-state index in [0.29, 0.717) is 10.0 Å². The number of nitrogens with zero attached hydrogens (tertiary/aromatic N) is 3. The molecule has 0 aliphatic carbocycles. The molecule has 9 rings (SSSR count). The summed E-state index contributed by atoms with van der Waals surface area (Å²) in [5.41, 5.74) is 15.3. The lowest BCUT2D eigenvalue weighted by Gasteiger charge is -2.30. The molecule has 0 atom stereocenters. The van der Waals surface area contributed by atoms with E-state index >= 15 is 0 Å². The summed E-state index contributed by atoms with van der Waals surface area (Å²) in [4.78, 5) is 2.25. The molecular formula is C62H67Cl2N3. The lowest BCUT2D eigenvalue weighted by atomic mass is 9.85. The van der Waals surface area contributed by atoms with E-state index in [-0.39, 0.29) is 27.1 Å². The van der Waals surface area contributed by atoms with E-state index in [0.717, 1.165) is 50.5 Å². The minimum Gasteiger partial charge on any atom is -0.308 e. The molecule has 9 aromatic rings. The minimum absolute atomic E-state index is 0.0113. The number of aromatic nitrogens is 2. The fourth-order valence-corrected chi connectivity index (χ4v) is 10.2. The van der Waals surface area contributed by atoms with Gasteiger partial charge in [0.05, 0.1) is 54.9 Å². The summed E-state index contributed by atoms with van der Waals surface area (Å²) in [5.74, 6) is 0. The van der Waals surface area contributed by atoms with Gasteiger partial charge in [0.25, 0.3) is 0 Å². The molecule has 3 nitrogen and oxygen atoms in total. The summed E-state index contributed by atoms with van der Waals surface area (Å²) in [7, 11) is 0. The van der Waals surface area contributed by atoms with Crippen LogP contribution in [0.5, 0.6) is 0 Å². The molecule has 0 unspecified atom stereocenters. The Hall–Kier alpha value is -5.48. The van der Waals surface area contributed by atoms with Gasteiger partial charge in [-0.25, -0.2) is 0 Å². The average molecular weight is 925 g/mol. The zero-order chi connectivity index (χ0) is 48.3. The molecule has 2 heterocycles. The van der Waals surface area contributed by atoms with Crippen LogP contribution in [0.25, 0.3) is 55.0 Å². The van der Waals surface area contributed by atoms with Crippen molar-refractivity contribution in [2.75, 3.05) is 4.90 Å². The molecule has 0 spiro atoms. The molecule has 0 fully saturated rings. The summed E-state index contributed by atoms with van der Waals surface area (Å²) >= 11 is 15.9. The van der Waals surface area contributed by atoms with Crippen molar-refractivity contribution in [1.29, 1.82) is 0 Å². The van der Waals surface area contributed by atoms with Gasteiger partial charge in [0.15, 0.2) is 0 Å². The second-order valence-corrected chi connectivity index (χ2v) is 24.7. The van der Waals surface area contributed by atoms with Crippen LogP contribution in [-0.2, 0) is 27.1 Å². The highest BCUT2D eigenvalue weighted by molar-refractivity contribution is 6.37. The Morgan fingerprint density at radius 2 is 0.597 bits per heavy atom. The molecule has 0 amide bonds. The zero-order valence-corrected chi connectivity index (χ0v) is 43.8. The van der Waals surface area contributed by atoms with Crippen LogP contribution in [0.2, 0.25) is 10.0 Å². The van der Waals surface area contributed by atoms with Crippen LogP contribution in [0.3, 0.4) is 0 Å². The van der Waals surface area contributed by atoms with Crippen molar-refractivity contribution in [2.24, 2.45) is 0 Å². The molecular weight excluding hydrogens is 858 g/mol. The van der Waals surface area contributed by atoms with Crippen molar-refractivity contribution in [3.8, 4) is 11.4 Å². The number of rotatable bonds is 5. The average Bonchev–Trinajstić information content (AvgIpc) is 3.75. The van der Waals surface area contributed by atoms with Crippen LogP contribution >= 0.6 is 23.2 Å². The summed E-state index contributed by atoms with van der Waals surface area (Å²) in [6, 6.07) is 49.4. The number of benzene rings is 7. The van der Waals surface area contributed by atoms with Crippen molar-refractivity contribution >= 4 is 83.9 Å². The first-order chi connectivity index (χ1) is 31.2. The van der Waals surface area contributed by atoms with Gasteiger partial charge in [-0.3, -0.25) is 0 Å². The van der Waals surface area contributed by atoms with Gasteiger partial charge in [0.1, 0.15) is 0 Å². The van der Waals surface area contributed by atoms with Crippen LogP contribution < -0.4 is 4.90 Å².